The molecule has 140 valence electrons. The molecule has 1 heterocycles. The van der Waals surface area contributed by atoms with Gasteiger partial charge < -0.3 is 4.90 Å². The van der Waals surface area contributed by atoms with Gasteiger partial charge in [0.2, 0.25) is 5.91 Å². The average Bonchev–Trinajstić information content (AvgIpc) is 3.08. The lowest BCUT2D eigenvalue weighted by Gasteiger charge is -2.30. The zero-order valence-electron chi connectivity index (χ0n) is 16.1. The molecule has 1 aromatic heterocycles. The third-order valence-corrected chi connectivity index (χ3v) is 4.63. The van der Waals surface area contributed by atoms with Gasteiger partial charge in [-0.25, -0.2) is 0 Å². The molecule has 0 unspecified atom stereocenters. The predicted octanol–water partition coefficient (Wildman–Crippen LogP) is 3.10. The van der Waals surface area contributed by atoms with Crippen molar-refractivity contribution in [1.29, 1.82) is 0 Å². The fraction of sp³-hybridized carbons (Fsp3) is 0.273. The van der Waals surface area contributed by atoms with Crippen molar-refractivity contribution in [3.05, 3.63) is 89.7 Å². The highest BCUT2D eigenvalue weighted by Crippen LogP contribution is 2.27. The Morgan fingerprint density at radius 3 is 2.04 bits per heavy atom. The van der Waals surface area contributed by atoms with Crippen LogP contribution in [0.4, 0.5) is 0 Å². The van der Waals surface area contributed by atoms with Crippen LogP contribution < -0.4 is 0 Å². The maximum Gasteiger partial charge on any atom is 0.237 e. The predicted molar refractivity (Wildman–Crippen MR) is 107 cm³/mol. The SMILES string of the molecule is CN(CC(=O)N(C)C(c1ccccc1)c1ccccc1)Cc1cnn(C)c1. The van der Waals surface area contributed by atoms with Crippen LogP contribution in [-0.2, 0) is 18.4 Å². The smallest absolute Gasteiger partial charge is 0.237 e. The maximum atomic E-state index is 13.0. The molecular weight excluding hydrogens is 336 g/mol. The molecule has 0 bridgehead atoms. The first-order valence-electron chi connectivity index (χ1n) is 9.06. The molecule has 0 aliphatic carbocycles. The number of rotatable bonds is 7. The van der Waals surface area contributed by atoms with Gasteiger partial charge in [-0.15, -0.1) is 0 Å². The first kappa shape index (κ1) is 18.9. The van der Waals surface area contributed by atoms with E-state index in [-0.39, 0.29) is 11.9 Å². The van der Waals surface area contributed by atoms with E-state index in [1.54, 1.807) is 4.68 Å². The van der Waals surface area contributed by atoms with Crippen LogP contribution in [0.25, 0.3) is 0 Å². The molecule has 3 rings (SSSR count). The monoisotopic (exact) mass is 362 g/mol. The standard InChI is InChI=1S/C22H26N4O/c1-24(15-18-14-23-25(2)16-18)17-21(27)26(3)22(19-10-6-4-7-11-19)20-12-8-5-9-13-20/h4-14,16,22H,15,17H2,1-3H3. The number of hydrogen-bond acceptors (Lipinski definition) is 3. The van der Waals surface area contributed by atoms with Crippen LogP contribution >= 0.6 is 0 Å². The minimum Gasteiger partial charge on any atom is -0.334 e. The van der Waals surface area contributed by atoms with E-state index < -0.39 is 0 Å². The number of carbonyl (C=O) groups excluding carboxylic acids is 1. The van der Waals surface area contributed by atoms with E-state index in [0.717, 1.165) is 16.7 Å². The lowest BCUT2D eigenvalue weighted by Crippen LogP contribution is -2.39. The molecular formula is C22H26N4O. The zero-order valence-corrected chi connectivity index (χ0v) is 16.1. The highest BCUT2D eigenvalue weighted by molar-refractivity contribution is 5.79. The second kappa shape index (κ2) is 8.64. The van der Waals surface area contributed by atoms with Crippen LogP contribution in [-0.4, -0.2) is 46.1 Å². The molecule has 0 fully saturated rings. The molecule has 0 saturated carbocycles. The number of carbonyl (C=O) groups is 1. The molecule has 0 N–H and O–H groups in total. The van der Waals surface area contributed by atoms with Gasteiger partial charge in [0.1, 0.15) is 0 Å². The van der Waals surface area contributed by atoms with Crippen LogP contribution in [0, 0.1) is 0 Å². The molecule has 0 aliphatic heterocycles. The summed E-state index contributed by atoms with van der Waals surface area (Å²) in [7, 11) is 5.73. The summed E-state index contributed by atoms with van der Waals surface area (Å²) in [6.07, 6.45) is 3.81. The van der Waals surface area contributed by atoms with E-state index in [1.807, 2.05) is 79.7 Å². The summed E-state index contributed by atoms with van der Waals surface area (Å²) in [6.45, 7) is 1.04. The van der Waals surface area contributed by atoms with E-state index in [4.69, 9.17) is 0 Å². The Morgan fingerprint density at radius 1 is 1.00 bits per heavy atom. The Hall–Kier alpha value is -2.92. The second-order valence-electron chi connectivity index (χ2n) is 6.92. The van der Waals surface area contributed by atoms with E-state index in [2.05, 4.69) is 29.4 Å². The van der Waals surface area contributed by atoms with Gasteiger partial charge >= 0.3 is 0 Å². The lowest BCUT2D eigenvalue weighted by atomic mass is 9.97. The second-order valence-corrected chi connectivity index (χ2v) is 6.92. The van der Waals surface area contributed by atoms with Gasteiger partial charge in [0.05, 0.1) is 18.8 Å². The minimum absolute atomic E-state index is 0.0825. The Bertz CT molecular complexity index is 821. The number of nitrogens with zero attached hydrogens (tertiary/aromatic N) is 4. The van der Waals surface area contributed by atoms with Crippen molar-refractivity contribution < 1.29 is 4.79 Å². The molecule has 27 heavy (non-hydrogen) atoms. The van der Waals surface area contributed by atoms with Crippen molar-refractivity contribution in [3.63, 3.8) is 0 Å². The largest absolute Gasteiger partial charge is 0.334 e. The average molecular weight is 362 g/mol. The molecule has 5 heteroatoms. The molecule has 0 saturated heterocycles. The van der Waals surface area contributed by atoms with Crippen molar-refractivity contribution in [2.24, 2.45) is 7.05 Å². The highest BCUT2D eigenvalue weighted by Gasteiger charge is 2.24. The number of aromatic nitrogens is 2. The van der Waals surface area contributed by atoms with Gasteiger partial charge in [0, 0.05) is 32.4 Å². The Labute approximate surface area is 160 Å². The Morgan fingerprint density at radius 2 is 1.56 bits per heavy atom. The quantitative estimate of drug-likeness (QED) is 0.649. The number of likely N-dealkylation sites (N-methyl/N-ethyl adjacent to an activating group) is 2. The van der Waals surface area contributed by atoms with E-state index in [9.17, 15) is 4.79 Å². The highest BCUT2D eigenvalue weighted by atomic mass is 16.2. The van der Waals surface area contributed by atoms with Gasteiger partial charge in [0.25, 0.3) is 0 Å². The fourth-order valence-electron chi connectivity index (χ4n) is 3.32. The van der Waals surface area contributed by atoms with E-state index >= 15 is 0 Å². The van der Waals surface area contributed by atoms with Gasteiger partial charge in [0.15, 0.2) is 0 Å². The molecule has 1 amide bonds. The third kappa shape index (κ3) is 4.83. The van der Waals surface area contributed by atoms with E-state index in [1.165, 1.54) is 0 Å². The van der Waals surface area contributed by atoms with E-state index in [0.29, 0.717) is 13.1 Å². The summed E-state index contributed by atoms with van der Waals surface area (Å²) in [5, 5.41) is 4.19. The molecule has 2 aromatic carbocycles. The maximum absolute atomic E-state index is 13.0. The molecule has 0 radical (unpaired) electrons. The van der Waals surface area contributed by atoms with Crippen LogP contribution in [0.1, 0.15) is 22.7 Å². The lowest BCUT2D eigenvalue weighted by molar-refractivity contribution is -0.132. The van der Waals surface area contributed by atoms with Gasteiger partial charge in [-0.2, -0.15) is 5.10 Å². The Balaban J connectivity index is 1.75. The summed E-state index contributed by atoms with van der Waals surface area (Å²) in [5.41, 5.74) is 3.31. The Kier molecular flexibility index (Phi) is 6.04. The molecule has 0 spiro atoms. The molecule has 0 atom stereocenters. The number of hydrogen-bond donors (Lipinski definition) is 0. The van der Waals surface area contributed by atoms with Gasteiger partial charge in [-0.3, -0.25) is 14.4 Å². The van der Waals surface area contributed by atoms with Crippen molar-refractivity contribution in [2.75, 3.05) is 20.6 Å². The molecule has 3 aromatic rings. The van der Waals surface area contributed by atoms with Crippen LogP contribution in [0.15, 0.2) is 73.1 Å². The minimum atomic E-state index is -0.105. The fourth-order valence-corrected chi connectivity index (χ4v) is 3.32. The van der Waals surface area contributed by atoms with Gasteiger partial charge in [-0.1, -0.05) is 60.7 Å². The summed E-state index contributed by atoms with van der Waals surface area (Å²) >= 11 is 0. The van der Waals surface area contributed by atoms with Crippen LogP contribution in [0.3, 0.4) is 0 Å². The summed E-state index contributed by atoms with van der Waals surface area (Å²) < 4.78 is 1.78. The molecule has 5 nitrogen and oxygen atoms in total. The first-order valence-corrected chi connectivity index (χ1v) is 9.06. The normalized spacial score (nSPS) is 11.1. The molecule has 0 aliphatic rings. The number of aryl methyl sites for hydroxylation is 1. The number of amides is 1. The first-order chi connectivity index (χ1) is 13.0. The van der Waals surface area contributed by atoms with Crippen molar-refractivity contribution in [1.82, 2.24) is 19.6 Å². The third-order valence-electron chi connectivity index (χ3n) is 4.63. The summed E-state index contributed by atoms with van der Waals surface area (Å²) in [6, 6.07) is 20.2. The zero-order chi connectivity index (χ0) is 19.2. The van der Waals surface area contributed by atoms with Crippen LogP contribution in [0.2, 0.25) is 0 Å². The summed E-state index contributed by atoms with van der Waals surface area (Å²) in [4.78, 5) is 16.9. The summed E-state index contributed by atoms with van der Waals surface area (Å²) in [5.74, 6) is 0.0825. The van der Waals surface area contributed by atoms with Crippen molar-refractivity contribution in [3.8, 4) is 0 Å². The van der Waals surface area contributed by atoms with Crippen LogP contribution in [0.5, 0.6) is 0 Å². The van der Waals surface area contributed by atoms with Crippen molar-refractivity contribution >= 4 is 5.91 Å². The number of benzene rings is 2. The van der Waals surface area contributed by atoms with Crippen molar-refractivity contribution in [2.45, 2.75) is 12.6 Å². The topological polar surface area (TPSA) is 41.4 Å². The van der Waals surface area contributed by atoms with Gasteiger partial charge in [-0.05, 0) is 18.2 Å².